The van der Waals surface area contributed by atoms with Crippen molar-refractivity contribution in [1.82, 2.24) is 0 Å². The minimum atomic E-state index is -3.98. The lowest BCUT2D eigenvalue weighted by Crippen LogP contribution is -2.62. The Morgan fingerprint density at radius 2 is 1.59 bits per heavy atom. The number of phosphoric acid groups is 1. The average Bonchev–Trinajstić information content (AvgIpc) is 2.67. The van der Waals surface area contributed by atoms with Crippen molar-refractivity contribution >= 4 is 7.82 Å². The zero-order chi connectivity index (χ0) is 21.9. The van der Waals surface area contributed by atoms with Crippen molar-refractivity contribution in [3.05, 3.63) is 0 Å². The summed E-state index contributed by atoms with van der Waals surface area (Å²) in [7, 11) is -3.98. The number of aliphatic hydroxyl groups is 3. The summed E-state index contributed by atoms with van der Waals surface area (Å²) in [5.74, 6) is 0.523. The molecule has 0 aromatic rings. The molecule has 10 nitrogen and oxygen atoms in total. The maximum absolute atomic E-state index is 11.7. The van der Waals surface area contributed by atoms with E-state index >= 15 is 0 Å². The molecule has 3 unspecified atom stereocenters. The molecule has 174 valence electrons. The highest BCUT2D eigenvalue weighted by atomic mass is 31.2. The number of rotatable bonds is 15. The highest BCUT2D eigenvalue weighted by Gasteiger charge is 2.42. The van der Waals surface area contributed by atoms with Crippen LogP contribution in [0.3, 0.4) is 0 Å². The lowest BCUT2D eigenvalue weighted by molar-refractivity contribution is -0.265. The maximum Gasteiger partial charge on any atom is 0.472 e. The molecule has 0 aromatic carbocycles. The third-order valence-corrected chi connectivity index (χ3v) is 5.70. The van der Waals surface area contributed by atoms with Crippen LogP contribution < -0.4 is 5.73 Å². The van der Waals surface area contributed by atoms with Gasteiger partial charge in [0.05, 0.1) is 25.9 Å². The monoisotopic (exact) mass is 443 g/mol. The standard InChI is InChI=1S/C18H38NO9P/c1-13(2)8-7-11-27-29(23,24)26-10-6-4-3-5-9-25-18-15(19)17(22)16(21)14(12-20)28-18/h13-18,20-22H,3-12,19H2,1-2H3,(H,23,24)/t14?,15-,16-,17?,18+/m0/s1. The summed E-state index contributed by atoms with van der Waals surface area (Å²) >= 11 is 0. The van der Waals surface area contributed by atoms with Crippen LogP contribution in [0.15, 0.2) is 0 Å². The van der Waals surface area contributed by atoms with Crippen LogP contribution in [-0.4, -0.2) is 77.3 Å². The number of ether oxygens (including phenoxy) is 2. The fourth-order valence-corrected chi connectivity index (χ4v) is 3.69. The molecule has 1 heterocycles. The van der Waals surface area contributed by atoms with Gasteiger partial charge < -0.3 is 35.4 Å². The zero-order valence-electron chi connectivity index (χ0n) is 17.4. The summed E-state index contributed by atoms with van der Waals surface area (Å²) in [5, 5.41) is 28.8. The summed E-state index contributed by atoms with van der Waals surface area (Å²) in [6, 6.07) is -0.902. The first-order valence-corrected chi connectivity index (χ1v) is 11.8. The maximum atomic E-state index is 11.7. The van der Waals surface area contributed by atoms with Crippen molar-refractivity contribution in [2.75, 3.05) is 26.4 Å². The molecule has 0 aromatic heterocycles. The van der Waals surface area contributed by atoms with Crippen molar-refractivity contribution in [3.8, 4) is 0 Å². The van der Waals surface area contributed by atoms with Crippen molar-refractivity contribution in [3.63, 3.8) is 0 Å². The minimum absolute atomic E-state index is 0.137. The van der Waals surface area contributed by atoms with E-state index in [9.17, 15) is 19.7 Å². The molecule has 0 bridgehead atoms. The Kier molecular flexibility index (Phi) is 13.0. The average molecular weight is 443 g/mol. The molecule has 1 aliphatic rings. The molecule has 1 rings (SSSR count). The highest BCUT2D eigenvalue weighted by molar-refractivity contribution is 7.47. The Balaban J connectivity index is 2.07. The Morgan fingerprint density at radius 3 is 2.17 bits per heavy atom. The molecule has 6 N–H and O–H groups in total. The zero-order valence-corrected chi connectivity index (χ0v) is 18.3. The van der Waals surface area contributed by atoms with Gasteiger partial charge in [-0.2, -0.15) is 0 Å². The van der Waals surface area contributed by atoms with E-state index in [-0.39, 0.29) is 13.2 Å². The molecule has 6 atom stereocenters. The molecule has 0 saturated carbocycles. The van der Waals surface area contributed by atoms with Gasteiger partial charge >= 0.3 is 7.82 Å². The van der Waals surface area contributed by atoms with Crippen LogP contribution in [0.2, 0.25) is 0 Å². The second-order valence-corrected chi connectivity index (χ2v) is 9.19. The van der Waals surface area contributed by atoms with Gasteiger partial charge in [-0.3, -0.25) is 9.05 Å². The van der Waals surface area contributed by atoms with Crippen molar-refractivity contribution in [1.29, 1.82) is 0 Å². The molecule has 0 aliphatic carbocycles. The van der Waals surface area contributed by atoms with Gasteiger partial charge in [-0.1, -0.05) is 26.7 Å². The van der Waals surface area contributed by atoms with Gasteiger partial charge in [0.25, 0.3) is 0 Å². The van der Waals surface area contributed by atoms with Crippen LogP contribution >= 0.6 is 7.82 Å². The van der Waals surface area contributed by atoms with E-state index in [1.54, 1.807) is 0 Å². The first kappa shape index (κ1) is 26.9. The van der Waals surface area contributed by atoms with E-state index in [2.05, 4.69) is 13.8 Å². The Bertz CT molecular complexity index is 480. The lowest BCUT2D eigenvalue weighted by atomic mass is 9.98. The Morgan fingerprint density at radius 1 is 1.00 bits per heavy atom. The third kappa shape index (κ3) is 10.6. The van der Waals surface area contributed by atoms with Gasteiger partial charge in [-0.05, 0) is 31.6 Å². The summed E-state index contributed by atoms with van der Waals surface area (Å²) in [5.41, 5.74) is 5.79. The molecule has 0 radical (unpaired) electrons. The van der Waals surface area contributed by atoms with Crippen LogP contribution in [0.1, 0.15) is 52.4 Å². The van der Waals surface area contributed by atoms with Crippen LogP contribution in [0.5, 0.6) is 0 Å². The van der Waals surface area contributed by atoms with Gasteiger partial charge in [0.1, 0.15) is 18.3 Å². The molecule has 11 heteroatoms. The quantitative estimate of drug-likeness (QED) is 0.182. The SMILES string of the molecule is CC(C)CCCOP(=O)(O)OCCCCCCO[C@@H]1OC(CO)[C@H](O)C(O)[C@@H]1N. The second-order valence-electron chi connectivity index (χ2n) is 7.74. The van der Waals surface area contributed by atoms with Gasteiger partial charge in [0.15, 0.2) is 6.29 Å². The van der Waals surface area contributed by atoms with Gasteiger partial charge in [0, 0.05) is 6.61 Å². The predicted octanol–water partition coefficient (Wildman–Crippen LogP) is 0.900. The second kappa shape index (κ2) is 14.0. The van der Waals surface area contributed by atoms with Crippen LogP contribution in [0.4, 0.5) is 0 Å². The number of hydrogen-bond donors (Lipinski definition) is 5. The lowest BCUT2D eigenvalue weighted by Gasteiger charge is -2.40. The van der Waals surface area contributed by atoms with E-state index < -0.39 is 45.1 Å². The largest absolute Gasteiger partial charge is 0.472 e. The summed E-state index contributed by atoms with van der Waals surface area (Å²) in [6.07, 6.45) is 0.194. The number of nitrogens with two attached hydrogens (primary N) is 1. The van der Waals surface area contributed by atoms with Gasteiger partial charge in [-0.15, -0.1) is 0 Å². The molecule has 29 heavy (non-hydrogen) atoms. The van der Waals surface area contributed by atoms with E-state index in [1.165, 1.54) is 0 Å². The van der Waals surface area contributed by atoms with Gasteiger partial charge in [-0.25, -0.2) is 4.57 Å². The normalized spacial score (nSPS) is 29.9. The number of aliphatic hydroxyl groups excluding tert-OH is 3. The summed E-state index contributed by atoms with van der Waals surface area (Å²) < 4.78 is 32.5. The fourth-order valence-electron chi connectivity index (χ4n) is 2.90. The molecule has 0 spiro atoms. The smallest absolute Gasteiger partial charge is 0.394 e. The van der Waals surface area contributed by atoms with E-state index in [0.717, 1.165) is 25.7 Å². The molecular weight excluding hydrogens is 405 g/mol. The van der Waals surface area contributed by atoms with Crippen LogP contribution in [-0.2, 0) is 23.1 Å². The van der Waals surface area contributed by atoms with E-state index in [4.69, 9.17) is 29.4 Å². The first-order valence-electron chi connectivity index (χ1n) is 10.3. The first-order chi connectivity index (χ1) is 13.7. The highest BCUT2D eigenvalue weighted by Crippen LogP contribution is 2.43. The number of unbranched alkanes of at least 4 members (excludes halogenated alkanes) is 3. The number of hydrogen-bond acceptors (Lipinski definition) is 9. The molecule has 1 aliphatic heterocycles. The van der Waals surface area contributed by atoms with E-state index in [1.807, 2.05) is 0 Å². The molecule has 1 saturated heterocycles. The van der Waals surface area contributed by atoms with Crippen LogP contribution in [0, 0.1) is 5.92 Å². The van der Waals surface area contributed by atoms with Crippen molar-refractivity contribution in [2.45, 2.75) is 83.0 Å². The fraction of sp³-hybridized carbons (Fsp3) is 1.00. The molecular formula is C18H38NO9P. The van der Waals surface area contributed by atoms with Crippen LogP contribution in [0.25, 0.3) is 0 Å². The Hall–Kier alpha value is -0.130. The third-order valence-electron chi connectivity index (χ3n) is 4.68. The number of phosphoric ester groups is 1. The Labute approximate surface area is 172 Å². The van der Waals surface area contributed by atoms with Crippen molar-refractivity contribution in [2.24, 2.45) is 11.7 Å². The topological polar surface area (TPSA) is 161 Å². The minimum Gasteiger partial charge on any atom is -0.394 e. The predicted molar refractivity (Wildman–Crippen MR) is 106 cm³/mol. The van der Waals surface area contributed by atoms with Gasteiger partial charge in [0.2, 0.25) is 0 Å². The van der Waals surface area contributed by atoms with Crippen molar-refractivity contribution < 1.29 is 43.3 Å². The molecule has 0 amide bonds. The summed E-state index contributed by atoms with van der Waals surface area (Å²) in [6.45, 7) is 4.39. The summed E-state index contributed by atoms with van der Waals surface area (Å²) in [4.78, 5) is 9.58. The molecule has 1 fully saturated rings. The van der Waals surface area contributed by atoms with E-state index in [0.29, 0.717) is 25.4 Å².